The maximum atomic E-state index is 11.2. The van der Waals surface area contributed by atoms with Gasteiger partial charge in [-0.25, -0.2) is 4.79 Å². The van der Waals surface area contributed by atoms with E-state index in [1.807, 2.05) is 13.8 Å². The molecule has 70 valence electrons. The van der Waals surface area contributed by atoms with Crippen LogP contribution in [0.25, 0.3) is 6.08 Å². The number of hydrogen-bond donors (Lipinski definition) is 1. The van der Waals surface area contributed by atoms with E-state index in [2.05, 4.69) is 4.98 Å². The van der Waals surface area contributed by atoms with Crippen molar-refractivity contribution in [2.75, 3.05) is 0 Å². The highest BCUT2D eigenvalue weighted by molar-refractivity contribution is 5.45. The molecule has 1 aromatic heterocycles. The Morgan fingerprint density at radius 3 is 2.77 bits per heavy atom. The Balaban J connectivity index is 3.39. The highest BCUT2D eigenvalue weighted by atomic mass is 16.2. The van der Waals surface area contributed by atoms with E-state index >= 15 is 0 Å². The summed E-state index contributed by atoms with van der Waals surface area (Å²) in [6, 6.07) is 0. The van der Waals surface area contributed by atoms with Gasteiger partial charge in [-0.05, 0) is 13.8 Å². The molecule has 0 amide bonds. The van der Waals surface area contributed by atoms with E-state index in [4.69, 9.17) is 0 Å². The van der Waals surface area contributed by atoms with Crippen LogP contribution in [-0.2, 0) is 6.54 Å². The maximum Gasteiger partial charge on any atom is 0.328 e. The molecular weight excluding hydrogens is 168 g/mol. The van der Waals surface area contributed by atoms with Crippen molar-refractivity contribution in [2.45, 2.75) is 20.4 Å². The Hall–Kier alpha value is -1.58. The van der Waals surface area contributed by atoms with E-state index in [-0.39, 0.29) is 11.2 Å². The molecule has 0 saturated heterocycles. The lowest BCUT2D eigenvalue weighted by Crippen LogP contribution is -2.30. The smallest absolute Gasteiger partial charge is 0.300 e. The molecule has 0 aliphatic carbocycles. The van der Waals surface area contributed by atoms with Gasteiger partial charge in [-0.1, -0.05) is 12.2 Å². The fourth-order valence-electron chi connectivity index (χ4n) is 1.06. The number of nitrogens with one attached hydrogen (secondary N) is 1. The lowest BCUT2D eigenvalue weighted by molar-refractivity contribution is 0.691. The summed E-state index contributed by atoms with van der Waals surface area (Å²) in [6.45, 7) is 4.22. The lowest BCUT2D eigenvalue weighted by Gasteiger charge is -2.00. The zero-order valence-corrected chi connectivity index (χ0v) is 7.70. The molecular formula is C9H12N2O2. The van der Waals surface area contributed by atoms with Gasteiger partial charge in [0.2, 0.25) is 0 Å². The Bertz CT molecular complexity index is 426. The van der Waals surface area contributed by atoms with Crippen molar-refractivity contribution < 1.29 is 0 Å². The van der Waals surface area contributed by atoms with Crippen LogP contribution in [-0.4, -0.2) is 9.55 Å². The predicted molar refractivity (Wildman–Crippen MR) is 51.7 cm³/mol. The third kappa shape index (κ3) is 1.96. The van der Waals surface area contributed by atoms with Crippen molar-refractivity contribution in [2.24, 2.45) is 0 Å². The van der Waals surface area contributed by atoms with E-state index in [0.29, 0.717) is 12.1 Å². The van der Waals surface area contributed by atoms with Crippen molar-refractivity contribution in [3.63, 3.8) is 0 Å². The van der Waals surface area contributed by atoms with Crippen molar-refractivity contribution in [3.05, 3.63) is 38.7 Å². The summed E-state index contributed by atoms with van der Waals surface area (Å²) in [7, 11) is 0. The van der Waals surface area contributed by atoms with Crippen LogP contribution in [0.3, 0.4) is 0 Å². The molecule has 13 heavy (non-hydrogen) atoms. The van der Waals surface area contributed by atoms with Crippen molar-refractivity contribution >= 4 is 6.08 Å². The molecule has 0 aliphatic heterocycles. The Morgan fingerprint density at radius 2 is 2.23 bits per heavy atom. The second-order valence-corrected chi connectivity index (χ2v) is 2.63. The predicted octanol–water partition coefficient (Wildman–Crippen LogP) is 0.590. The molecule has 0 radical (unpaired) electrons. The summed E-state index contributed by atoms with van der Waals surface area (Å²) in [5.41, 5.74) is -0.197. The Labute approximate surface area is 75.5 Å². The first kappa shape index (κ1) is 9.51. The molecule has 0 spiro atoms. The molecule has 1 N–H and O–H groups in total. The van der Waals surface area contributed by atoms with Gasteiger partial charge in [-0.15, -0.1) is 0 Å². The van der Waals surface area contributed by atoms with Crippen LogP contribution < -0.4 is 11.2 Å². The Morgan fingerprint density at radius 1 is 1.54 bits per heavy atom. The van der Waals surface area contributed by atoms with E-state index in [1.165, 1.54) is 4.57 Å². The number of aromatic nitrogens is 2. The van der Waals surface area contributed by atoms with Crippen molar-refractivity contribution in [1.29, 1.82) is 0 Å². The quantitative estimate of drug-likeness (QED) is 0.724. The molecule has 0 unspecified atom stereocenters. The van der Waals surface area contributed by atoms with Crippen LogP contribution in [0.15, 0.2) is 21.9 Å². The topological polar surface area (TPSA) is 54.9 Å². The second-order valence-electron chi connectivity index (χ2n) is 2.63. The van der Waals surface area contributed by atoms with Gasteiger partial charge in [0.25, 0.3) is 5.56 Å². The zero-order chi connectivity index (χ0) is 9.84. The lowest BCUT2D eigenvalue weighted by atomic mass is 10.3. The molecule has 0 fully saturated rings. The number of aromatic amines is 1. The highest BCUT2D eigenvalue weighted by Crippen LogP contribution is 1.90. The van der Waals surface area contributed by atoms with Gasteiger partial charge in [-0.3, -0.25) is 9.78 Å². The maximum absolute atomic E-state index is 11.2. The average Bonchev–Trinajstić information content (AvgIpc) is 2.10. The summed E-state index contributed by atoms with van der Waals surface area (Å²) in [5, 5.41) is 0. The van der Waals surface area contributed by atoms with E-state index in [0.717, 1.165) is 0 Å². The van der Waals surface area contributed by atoms with Gasteiger partial charge in [0.15, 0.2) is 0 Å². The van der Waals surface area contributed by atoms with Gasteiger partial charge >= 0.3 is 5.69 Å². The number of allylic oxidation sites excluding steroid dienone is 1. The minimum absolute atomic E-state index is 0.340. The zero-order valence-electron chi connectivity index (χ0n) is 7.70. The molecule has 0 saturated carbocycles. The molecule has 4 nitrogen and oxygen atoms in total. The Kier molecular flexibility index (Phi) is 2.84. The second kappa shape index (κ2) is 3.89. The minimum Gasteiger partial charge on any atom is -0.300 e. The van der Waals surface area contributed by atoms with Crippen molar-refractivity contribution in [1.82, 2.24) is 9.55 Å². The van der Waals surface area contributed by atoms with Crippen LogP contribution in [0.4, 0.5) is 0 Å². The third-order valence-electron chi connectivity index (χ3n) is 1.73. The van der Waals surface area contributed by atoms with E-state index < -0.39 is 0 Å². The first-order valence-corrected chi connectivity index (χ1v) is 4.15. The minimum atomic E-state index is -0.360. The molecule has 0 bridgehead atoms. The number of aryl methyl sites for hydroxylation is 1. The van der Waals surface area contributed by atoms with Crippen LogP contribution in [0.5, 0.6) is 0 Å². The van der Waals surface area contributed by atoms with Crippen LogP contribution in [0.1, 0.15) is 19.4 Å². The van der Waals surface area contributed by atoms with Gasteiger partial charge in [0.05, 0.1) is 5.56 Å². The van der Waals surface area contributed by atoms with Crippen molar-refractivity contribution in [3.8, 4) is 0 Å². The van der Waals surface area contributed by atoms with Gasteiger partial charge in [0, 0.05) is 12.7 Å². The molecule has 1 rings (SSSR count). The monoisotopic (exact) mass is 180 g/mol. The van der Waals surface area contributed by atoms with Gasteiger partial charge < -0.3 is 4.57 Å². The summed E-state index contributed by atoms with van der Waals surface area (Å²) < 4.78 is 1.46. The van der Waals surface area contributed by atoms with Crippen LogP contribution >= 0.6 is 0 Å². The summed E-state index contributed by atoms with van der Waals surface area (Å²) in [4.78, 5) is 24.5. The SMILES string of the molecule is C/C=C/c1cn(CC)c(=O)[nH]c1=O. The molecule has 1 aromatic rings. The standard InChI is InChI=1S/C9H12N2O2/c1-3-5-7-6-11(4-2)9(13)10-8(7)12/h3,5-6H,4H2,1-2H3,(H,10,12,13)/b5-3+. The first-order chi connectivity index (χ1) is 6.19. The number of hydrogen-bond acceptors (Lipinski definition) is 2. The molecule has 0 aromatic carbocycles. The molecule has 1 heterocycles. The van der Waals surface area contributed by atoms with E-state index in [1.54, 1.807) is 18.3 Å². The average molecular weight is 180 g/mol. The fourth-order valence-corrected chi connectivity index (χ4v) is 1.06. The van der Waals surface area contributed by atoms with Crippen LogP contribution in [0, 0.1) is 0 Å². The van der Waals surface area contributed by atoms with Gasteiger partial charge in [0.1, 0.15) is 0 Å². The molecule has 4 heteroatoms. The van der Waals surface area contributed by atoms with Crippen LogP contribution in [0.2, 0.25) is 0 Å². The first-order valence-electron chi connectivity index (χ1n) is 4.15. The third-order valence-corrected chi connectivity index (χ3v) is 1.73. The molecule has 0 atom stereocenters. The van der Waals surface area contributed by atoms with E-state index in [9.17, 15) is 9.59 Å². The summed E-state index contributed by atoms with van der Waals surface area (Å²) in [5.74, 6) is 0. The summed E-state index contributed by atoms with van der Waals surface area (Å²) >= 11 is 0. The number of nitrogens with zero attached hydrogens (tertiary/aromatic N) is 1. The largest absolute Gasteiger partial charge is 0.328 e. The highest BCUT2D eigenvalue weighted by Gasteiger charge is 1.98. The molecule has 0 aliphatic rings. The fraction of sp³-hybridized carbons (Fsp3) is 0.333. The number of H-pyrrole nitrogens is 1. The number of rotatable bonds is 2. The van der Waals surface area contributed by atoms with Gasteiger partial charge in [-0.2, -0.15) is 0 Å². The normalized spacial score (nSPS) is 10.9. The summed E-state index contributed by atoms with van der Waals surface area (Å²) in [6.07, 6.45) is 4.99.